The molecule has 1 unspecified atom stereocenters. The molecule has 0 aliphatic heterocycles. The van der Waals surface area contributed by atoms with Gasteiger partial charge in [-0.2, -0.15) is 0 Å². The smallest absolute Gasteiger partial charge is 0.319 e. The Morgan fingerprint density at radius 1 is 1.03 bits per heavy atom. The van der Waals surface area contributed by atoms with Gasteiger partial charge in [-0.05, 0) is 112 Å². The van der Waals surface area contributed by atoms with E-state index in [2.05, 4.69) is 61.5 Å². The normalized spacial score (nSPS) is 40.9. The largest absolute Gasteiger partial charge is 0.461 e. The van der Waals surface area contributed by atoms with Crippen molar-refractivity contribution in [3.8, 4) is 0 Å². The van der Waals surface area contributed by atoms with Crippen molar-refractivity contribution in [1.29, 1.82) is 0 Å². The first-order valence-corrected chi connectivity index (χ1v) is 14.6. The third kappa shape index (κ3) is 4.16. The molecule has 0 heterocycles. The lowest BCUT2D eigenvalue weighted by Crippen LogP contribution is -2.56. The van der Waals surface area contributed by atoms with Gasteiger partial charge in [0.25, 0.3) is 0 Å². The Morgan fingerprint density at radius 2 is 1.74 bits per heavy atom. The lowest BCUT2D eigenvalue weighted by Gasteiger charge is -2.62. The fourth-order valence-corrected chi connectivity index (χ4v) is 9.87. The van der Waals surface area contributed by atoms with Crippen molar-refractivity contribution >= 4 is 5.97 Å². The minimum absolute atomic E-state index is 0.0132. The van der Waals surface area contributed by atoms with Crippen molar-refractivity contribution in [1.82, 2.24) is 0 Å². The van der Waals surface area contributed by atoms with Gasteiger partial charge in [0, 0.05) is 5.41 Å². The molecule has 2 saturated carbocycles. The molecule has 7 atom stereocenters. The summed E-state index contributed by atoms with van der Waals surface area (Å²) in [6.07, 6.45) is 14.9. The van der Waals surface area contributed by atoms with Crippen LogP contribution in [0.3, 0.4) is 0 Å². The van der Waals surface area contributed by atoms with Crippen LogP contribution >= 0.6 is 0 Å². The van der Waals surface area contributed by atoms with Crippen molar-refractivity contribution in [2.24, 2.45) is 45.1 Å². The molecule has 0 bridgehead atoms. The number of hydrogen-bond donors (Lipinski definition) is 1. The summed E-state index contributed by atoms with van der Waals surface area (Å²) in [4.78, 5) is 12.1. The van der Waals surface area contributed by atoms with Crippen LogP contribution in [-0.2, 0) is 9.53 Å². The molecular weight excluding hydrogens is 430 g/mol. The van der Waals surface area contributed by atoms with E-state index >= 15 is 0 Å². The van der Waals surface area contributed by atoms with E-state index in [-0.39, 0.29) is 29.4 Å². The zero-order valence-electron chi connectivity index (χ0n) is 24.1. The van der Waals surface area contributed by atoms with Crippen molar-refractivity contribution in [3.05, 3.63) is 22.8 Å². The molecule has 3 heteroatoms. The molecule has 0 spiro atoms. The van der Waals surface area contributed by atoms with Crippen LogP contribution in [0, 0.1) is 39.4 Å². The summed E-state index contributed by atoms with van der Waals surface area (Å²) in [6, 6.07) is 0. The number of allylic oxidation sites excluding steroid dienone is 4. The second kappa shape index (κ2) is 9.34. The predicted octanol–water partition coefficient (Wildman–Crippen LogP) is 7.99. The van der Waals surface area contributed by atoms with E-state index in [0.717, 1.165) is 24.7 Å². The third-order valence-electron chi connectivity index (χ3n) is 12.1. The number of rotatable bonds is 6. The molecule has 0 aromatic heterocycles. The van der Waals surface area contributed by atoms with Crippen LogP contribution in [0.25, 0.3) is 0 Å². The van der Waals surface area contributed by atoms with E-state index < -0.39 is 0 Å². The predicted molar refractivity (Wildman–Crippen MR) is 146 cm³/mol. The Morgan fingerprint density at radius 3 is 2.40 bits per heavy atom. The maximum atomic E-state index is 12.1. The third-order valence-corrected chi connectivity index (χ3v) is 12.1. The number of carbonyl (C=O) groups excluding carboxylic acids is 1. The number of nitrogens with two attached hydrogens (primary N) is 1. The Bertz CT molecular complexity index is 895. The van der Waals surface area contributed by atoms with E-state index in [1.54, 1.807) is 0 Å². The average molecular weight is 484 g/mol. The molecule has 0 aromatic rings. The van der Waals surface area contributed by atoms with Gasteiger partial charge in [0.05, 0.1) is 6.54 Å². The molecule has 0 amide bonds. The number of ether oxygens (including phenoxy) is 1. The Kier molecular flexibility index (Phi) is 7.19. The Balaban J connectivity index is 1.61. The molecule has 4 aliphatic carbocycles. The first kappa shape index (κ1) is 27.0. The molecule has 4 aliphatic rings. The van der Waals surface area contributed by atoms with E-state index in [1.165, 1.54) is 56.9 Å². The molecule has 0 saturated heterocycles. The van der Waals surface area contributed by atoms with E-state index in [9.17, 15) is 4.79 Å². The van der Waals surface area contributed by atoms with Crippen molar-refractivity contribution < 1.29 is 9.53 Å². The topological polar surface area (TPSA) is 52.3 Å². The summed E-state index contributed by atoms with van der Waals surface area (Å²) in [7, 11) is 0. The minimum Gasteiger partial charge on any atom is -0.461 e. The first-order chi connectivity index (χ1) is 16.3. The molecule has 0 aromatic carbocycles. The number of esters is 1. The van der Waals surface area contributed by atoms with Crippen LogP contribution in [0.15, 0.2) is 22.8 Å². The zero-order chi connectivity index (χ0) is 25.8. The van der Waals surface area contributed by atoms with Gasteiger partial charge in [0.15, 0.2) is 0 Å². The van der Waals surface area contributed by atoms with Gasteiger partial charge in [0.2, 0.25) is 0 Å². The summed E-state index contributed by atoms with van der Waals surface area (Å²) in [5.41, 5.74) is 11.7. The number of hydrogen-bond acceptors (Lipinski definition) is 3. The number of fused-ring (bicyclic) bond motifs is 4. The monoisotopic (exact) mass is 483 g/mol. The molecule has 2 N–H and O–H groups in total. The van der Waals surface area contributed by atoms with Crippen molar-refractivity contribution in [3.63, 3.8) is 0 Å². The van der Waals surface area contributed by atoms with Gasteiger partial charge in [-0.25, -0.2) is 0 Å². The van der Waals surface area contributed by atoms with Crippen LogP contribution in [0.2, 0.25) is 0 Å². The second-order valence-corrected chi connectivity index (χ2v) is 14.2. The highest BCUT2D eigenvalue weighted by atomic mass is 16.5. The van der Waals surface area contributed by atoms with Crippen LogP contribution in [0.1, 0.15) is 120 Å². The van der Waals surface area contributed by atoms with Crippen LogP contribution in [0.4, 0.5) is 0 Å². The maximum Gasteiger partial charge on any atom is 0.319 e. The van der Waals surface area contributed by atoms with E-state index in [0.29, 0.717) is 16.7 Å². The highest BCUT2D eigenvalue weighted by Gasteiger charge is 2.63. The Hall–Kier alpha value is -1.09. The van der Waals surface area contributed by atoms with Crippen LogP contribution in [-0.4, -0.2) is 18.6 Å². The molecule has 2 fully saturated rings. The van der Waals surface area contributed by atoms with Gasteiger partial charge in [-0.15, -0.1) is 0 Å². The fraction of sp³-hybridized carbons (Fsp3) is 0.844. The summed E-state index contributed by atoms with van der Waals surface area (Å²) >= 11 is 0. The standard InChI is InChI=1S/C32H53NO2/c1-21(2)10-9-11-22(3)23-14-18-32(8)25-12-13-26-29(4,5)27(35-28(34)20-33)16-17-30(26,6)24(25)15-19-31(23,32)7/h10,22-23,26-27H,9,11-20,33H2,1-8H3/t22-,23?,26+,27+,30-,31-,32+/m1/s1. The lowest BCUT2D eigenvalue weighted by molar-refractivity contribution is -0.168. The quantitative estimate of drug-likeness (QED) is 0.308. The van der Waals surface area contributed by atoms with E-state index in [4.69, 9.17) is 10.5 Å². The zero-order valence-corrected chi connectivity index (χ0v) is 24.1. The molecule has 3 nitrogen and oxygen atoms in total. The molecule has 0 radical (unpaired) electrons. The summed E-state index contributed by atoms with van der Waals surface area (Å²) in [5, 5.41) is 0. The van der Waals surface area contributed by atoms with Crippen LogP contribution in [0.5, 0.6) is 0 Å². The molecule has 4 rings (SSSR count). The lowest BCUT2D eigenvalue weighted by atomic mass is 9.43. The fourth-order valence-electron chi connectivity index (χ4n) is 9.87. The second-order valence-electron chi connectivity index (χ2n) is 14.2. The average Bonchev–Trinajstić information content (AvgIpc) is 3.06. The van der Waals surface area contributed by atoms with Crippen molar-refractivity contribution in [2.45, 2.75) is 126 Å². The van der Waals surface area contributed by atoms with E-state index in [1.807, 2.05) is 11.1 Å². The van der Waals surface area contributed by atoms with Crippen LogP contribution < -0.4 is 5.73 Å². The summed E-state index contributed by atoms with van der Waals surface area (Å²) in [5.74, 6) is 1.93. The highest BCUT2D eigenvalue weighted by molar-refractivity contribution is 5.71. The van der Waals surface area contributed by atoms with Gasteiger partial charge < -0.3 is 10.5 Å². The molecular formula is C32H53NO2. The van der Waals surface area contributed by atoms with Gasteiger partial charge in [-0.3, -0.25) is 4.79 Å². The Labute approximate surface area is 215 Å². The minimum atomic E-state index is -0.251. The highest BCUT2D eigenvalue weighted by Crippen LogP contribution is 2.72. The van der Waals surface area contributed by atoms with Gasteiger partial charge in [0.1, 0.15) is 6.10 Å². The summed E-state index contributed by atoms with van der Waals surface area (Å²) in [6.45, 7) is 19.5. The SMILES string of the molecule is CC(C)=CCC[C@@H](C)C1CC[C@@]2(C)C3=C(CC[C@]12C)[C@@]1(C)CC[C@H](OC(=O)CN)C(C)(C)[C@@H]1CC3. The summed E-state index contributed by atoms with van der Waals surface area (Å²) < 4.78 is 5.89. The first-order valence-electron chi connectivity index (χ1n) is 14.6. The van der Waals surface area contributed by atoms with Crippen molar-refractivity contribution in [2.75, 3.05) is 6.54 Å². The van der Waals surface area contributed by atoms with Gasteiger partial charge >= 0.3 is 5.97 Å². The molecule has 198 valence electrons. The number of carbonyl (C=O) groups is 1. The molecule has 35 heavy (non-hydrogen) atoms. The maximum absolute atomic E-state index is 12.1. The van der Waals surface area contributed by atoms with Gasteiger partial charge in [-0.1, -0.05) is 64.3 Å².